The average Bonchev–Trinajstić information content (AvgIpc) is 3.35. The maximum absolute atomic E-state index is 12.8. The number of methoxy groups -OCH3 is 1. The molecule has 0 aliphatic carbocycles. The summed E-state index contributed by atoms with van der Waals surface area (Å²) >= 11 is 2.74. The number of thiazole rings is 1. The highest BCUT2D eigenvalue weighted by Crippen LogP contribution is 2.35. The van der Waals surface area contributed by atoms with Crippen molar-refractivity contribution in [2.75, 3.05) is 23.1 Å². The van der Waals surface area contributed by atoms with Crippen molar-refractivity contribution >= 4 is 62.4 Å². The summed E-state index contributed by atoms with van der Waals surface area (Å²) in [5, 5.41) is 2.84. The number of hydrogen-bond acceptors (Lipinski definition) is 7. The van der Waals surface area contributed by atoms with E-state index in [0.717, 1.165) is 14.6 Å². The lowest BCUT2D eigenvalue weighted by Crippen LogP contribution is -2.29. The second-order valence-corrected chi connectivity index (χ2v) is 9.45. The fraction of sp³-hybridized carbons (Fsp3) is 0.0833. The summed E-state index contributed by atoms with van der Waals surface area (Å²) < 4.78 is 6.73. The second-order valence-electron chi connectivity index (χ2n) is 7.19. The molecule has 2 heterocycles. The number of nitrogens with zero attached hydrogens (tertiary/aromatic N) is 2. The number of carbonyl (C=O) groups excluding carboxylic acids is 3. The van der Waals surface area contributed by atoms with Gasteiger partial charge in [-0.05, 0) is 42.5 Å². The topological polar surface area (TPSA) is 88.6 Å². The number of thioether (sulfide) groups is 1. The van der Waals surface area contributed by atoms with E-state index in [1.807, 2.05) is 6.07 Å². The van der Waals surface area contributed by atoms with Crippen LogP contribution in [-0.2, 0) is 4.79 Å². The second kappa shape index (κ2) is 8.68. The summed E-state index contributed by atoms with van der Waals surface area (Å²) in [5.74, 6) is 0.0497. The van der Waals surface area contributed by atoms with Gasteiger partial charge < -0.3 is 10.1 Å². The molecule has 4 aromatic rings. The molecule has 1 aromatic heterocycles. The molecule has 3 amide bonds. The fourth-order valence-corrected chi connectivity index (χ4v) is 5.44. The molecular formula is C24H17N3O4S2. The van der Waals surface area contributed by atoms with Gasteiger partial charge in [0.1, 0.15) is 5.75 Å². The summed E-state index contributed by atoms with van der Waals surface area (Å²) in [6.45, 7) is 0. The van der Waals surface area contributed by atoms with Crippen LogP contribution in [0.1, 0.15) is 20.7 Å². The van der Waals surface area contributed by atoms with Crippen LogP contribution in [0.15, 0.2) is 71.1 Å². The monoisotopic (exact) mass is 475 g/mol. The molecule has 164 valence electrons. The Labute approximate surface area is 197 Å². The molecule has 33 heavy (non-hydrogen) atoms. The zero-order valence-corrected chi connectivity index (χ0v) is 19.0. The van der Waals surface area contributed by atoms with Gasteiger partial charge in [0.05, 0.1) is 39.9 Å². The van der Waals surface area contributed by atoms with Gasteiger partial charge in [-0.15, -0.1) is 11.3 Å². The number of fused-ring (bicyclic) bond motifs is 2. The van der Waals surface area contributed by atoms with Crippen LogP contribution in [0.3, 0.4) is 0 Å². The van der Waals surface area contributed by atoms with E-state index in [4.69, 9.17) is 4.74 Å². The highest BCUT2D eigenvalue weighted by atomic mass is 32.2. The Hall–Kier alpha value is -3.69. The Balaban J connectivity index is 1.29. The van der Waals surface area contributed by atoms with Gasteiger partial charge in [-0.2, -0.15) is 0 Å². The van der Waals surface area contributed by atoms with Crippen molar-refractivity contribution in [2.45, 2.75) is 4.34 Å². The molecule has 3 aromatic carbocycles. The molecule has 0 unspecified atom stereocenters. The van der Waals surface area contributed by atoms with E-state index in [1.165, 1.54) is 28.0 Å². The molecule has 0 spiro atoms. The Bertz CT molecular complexity index is 1380. The molecule has 1 aliphatic heterocycles. The van der Waals surface area contributed by atoms with E-state index in [2.05, 4.69) is 10.3 Å². The average molecular weight is 476 g/mol. The number of rotatable bonds is 6. The van der Waals surface area contributed by atoms with E-state index >= 15 is 0 Å². The van der Waals surface area contributed by atoms with E-state index in [-0.39, 0.29) is 23.5 Å². The lowest BCUT2D eigenvalue weighted by Gasteiger charge is -2.13. The van der Waals surface area contributed by atoms with Gasteiger partial charge in [0.25, 0.3) is 11.8 Å². The minimum absolute atomic E-state index is 0.153. The quantitative estimate of drug-likeness (QED) is 0.317. The number of hydrogen-bond donors (Lipinski definition) is 1. The highest BCUT2D eigenvalue weighted by Gasteiger charge is 2.36. The summed E-state index contributed by atoms with van der Waals surface area (Å²) in [6, 6.07) is 19.3. The fourth-order valence-electron chi connectivity index (χ4n) is 3.54. The van der Waals surface area contributed by atoms with Crippen LogP contribution in [0.4, 0.5) is 11.4 Å². The van der Waals surface area contributed by atoms with Crippen LogP contribution in [0.5, 0.6) is 5.75 Å². The third-order valence-electron chi connectivity index (χ3n) is 5.08. The van der Waals surface area contributed by atoms with Crippen LogP contribution in [0.25, 0.3) is 10.2 Å². The number of imide groups is 1. The molecule has 1 N–H and O–H groups in total. The number of benzene rings is 3. The number of anilines is 2. The largest absolute Gasteiger partial charge is 0.497 e. The molecule has 0 saturated carbocycles. The van der Waals surface area contributed by atoms with Crippen molar-refractivity contribution < 1.29 is 19.1 Å². The zero-order chi connectivity index (χ0) is 22.9. The predicted octanol–water partition coefficient (Wildman–Crippen LogP) is 4.84. The molecule has 7 nitrogen and oxygen atoms in total. The van der Waals surface area contributed by atoms with Gasteiger partial charge in [-0.25, -0.2) is 9.88 Å². The van der Waals surface area contributed by atoms with Gasteiger partial charge in [-0.3, -0.25) is 14.4 Å². The third kappa shape index (κ3) is 4.08. The van der Waals surface area contributed by atoms with Gasteiger partial charge in [0.2, 0.25) is 5.91 Å². The minimum atomic E-state index is -0.330. The van der Waals surface area contributed by atoms with Crippen molar-refractivity contribution in [1.29, 1.82) is 0 Å². The first-order valence-electron chi connectivity index (χ1n) is 9.98. The van der Waals surface area contributed by atoms with E-state index in [9.17, 15) is 14.4 Å². The number of carbonyl (C=O) groups is 3. The molecule has 5 rings (SSSR count). The number of ether oxygens (including phenoxy) is 1. The molecule has 0 bridgehead atoms. The standard InChI is InChI=1S/C24H17N3O4S2/c1-31-16-6-4-5-14(11-16)25-21(28)13-32-24-26-19-10-9-15(12-20(19)33-24)27-22(29)17-7-2-3-8-18(17)23(27)30/h2-12H,13H2,1H3,(H,25,28). The van der Waals surface area contributed by atoms with E-state index < -0.39 is 0 Å². The van der Waals surface area contributed by atoms with Crippen LogP contribution in [-0.4, -0.2) is 35.6 Å². The maximum Gasteiger partial charge on any atom is 0.266 e. The summed E-state index contributed by atoms with van der Waals surface area (Å²) in [4.78, 5) is 43.6. The van der Waals surface area contributed by atoms with Crippen LogP contribution >= 0.6 is 23.1 Å². The normalized spacial score (nSPS) is 12.8. The van der Waals surface area contributed by atoms with E-state index in [1.54, 1.807) is 67.8 Å². The highest BCUT2D eigenvalue weighted by molar-refractivity contribution is 8.01. The lowest BCUT2D eigenvalue weighted by atomic mass is 10.1. The van der Waals surface area contributed by atoms with Gasteiger partial charge in [-0.1, -0.05) is 30.0 Å². The first kappa shape index (κ1) is 21.2. The summed E-state index contributed by atoms with van der Waals surface area (Å²) in [6.07, 6.45) is 0. The SMILES string of the molecule is COc1cccc(NC(=O)CSc2nc3ccc(N4C(=O)c5ccccc5C4=O)cc3s2)c1. The molecule has 0 atom stereocenters. The summed E-state index contributed by atoms with van der Waals surface area (Å²) in [7, 11) is 1.57. The van der Waals surface area contributed by atoms with Crippen molar-refractivity contribution in [1.82, 2.24) is 4.98 Å². The van der Waals surface area contributed by atoms with Crippen molar-refractivity contribution in [3.8, 4) is 5.75 Å². The number of nitrogens with one attached hydrogen (secondary N) is 1. The molecular weight excluding hydrogens is 458 g/mol. The Morgan fingerprint density at radius 3 is 2.52 bits per heavy atom. The minimum Gasteiger partial charge on any atom is -0.497 e. The first-order valence-corrected chi connectivity index (χ1v) is 11.8. The maximum atomic E-state index is 12.8. The lowest BCUT2D eigenvalue weighted by molar-refractivity contribution is -0.113. The zero-order valence-electron chi connectivity index (χ0n) is 17.4. The Kier molecular flexibility index (Phi) is 5.57. The first-order chi connectivity index (χ1) is 16.0. The van der Waals surface area contributed by atoms with Crippen molar-refractivity contribution in [2.24, 2.45) is 0 Å². The van der Waals surface area contributed by atoms with Crippen LogP contribution in [0, 0.1) is 0 Å². The Morgan fingerprint density at radius 1 is 1.03 bits per heavy atom. The van der Waals surface area contributed by atoms with Crippen molar-refractivity contribution in [3.05, 3.63) is 77.9 Å². The molecule has 9 heteroatoms. The van der Waals surface area contributed by atoms with Gasteiger partial charge >= 0.3 is 0 Å². The smallest absolute Gasteiger partial charge is 0.266 e. The number of amides is 3. The number of aromatic nitrogens is 1. The predicted molar refractivity (Wildman–Crippen MR) is 130 cm³/mol. The Morgan fingerprint density at radius 2 is 1.79 bits per heavy atom. The van der Waals surface area contributed by atoms with Gasteiger partial charge in [0.15, 0.2) is 4.34 Å². The van der Waals surface area contributed by atoms with Crippen LogP contribution in [0.2, 0.25) is 0 Å². The molecule has 0 radical (unpaired) electrons. The van der Waals surface area contributed by atoms with Crippen LogP contribution < -0.4 is 15.0 Å². The van der Waals surface area contributed by atoms with Crippen molar-refractivity contribution in [3.63, 3.8) is 0 Å². The summed E-state index contributed by atoms with van der Waals surface area (Å²) in [5.41, 5.74) is 2.73. The molecule has 1 aliphatic rings. The molecule has 0 saturated heterocycles. The van der Waals surface area contributed by atoms with Gasteiger partial charge in [0, 0.05) is 11.8 Å². The molecule has 0 fully saturated rings. The van der Waals surface area contributed by atoms with E-state index in [0.29, 0.717) is 28.3 Å². The third-order valence-corrected chi connectivity index (χ3v) is 7.25.